The molecule has 2 unspecified atom stereocenters. The van der Waals surface area contributed by atoms with E-state index in [1.165, 1.54) is 21.9 Å². The molecule has 0 aromatic heterocycles. The second-order valence-electron chi connectivity index (χ2n) is 5.12. The average molecular weight is 272 g/mol. The standard InChI is InChI=1S/C16H16O4/c1-17-15-11-5-3-10-9(13(11)7-19-15)4-6-12-14(10)8-20-16(12)18-2/h3-6,15-16H,7-8H2,1-2H3. The first kappa shape index (κ1) is 12.3. The van der Waals surface area contributed by atoms with Gasteiger partial charge in [-0.15, -0.1) is 0 Å². The number of methoxy groups -OCH3 is 2. The molecule has 2 aromatic rings. The Morgan fingerprint density at radius 3 is 1.65 bits per heavy atom. The van der Waals surface area contributed by atoms with E-state index in [1.54, 1.807) is 14.2 Å². The first-order valence-electron chi connectivity index (χ1n) is 6.69. The summed E-state index contributed by atoms with van der Waals surface area (Å²) in [5.41, 5.74) is 4.69. The fraction of sp³-hybridized carbons (Fsp3) is 0.375. The van der Waals surface area contributed by atoms with Crippen LogP contribution in [0.5, 0.6) is 0 Å². The van der Waals surface area contributed by atoms with Gasteiger partial charge in [-0.2, -0.15) is 0 Å². The summed E-state index contributed by atoms with van der Waals surface area (Å²) >= 11 is 0. The van der Waals surface area contributed by atoms with Crippen LogP contribution in [0.3, 0.4) is 0 Å². The third-order valence-electron chi connectivity index (χ3n) is 4.19. The smallest absolute Gasteiger partial charge is 0.184 e. The van der Waals surface area contributed by atoms with Gasteiger partial charge in [0.05, 0.1) is 13.2 Å². The van der Waals surface area contributed by atoms with E-state index in [0.717, 1.165) is 11.1 Å². The molecule has 104 valence electrons. The third kappa shape index (κ3) is 1.56. The summed E-state index contributed by atoms with van der Waals surface area (Å²) in [6, 6.07) is 8.46. The molecule has 4 rings (SSSR count). The van der Waals surface area contributed by atoms with Crippen LogP contribution in [0.15, 0.2) is 24.3 Å². The number of rotatable bonds is 2. The summed E-state index contributed by atoms with van der Waals surface area (Å²) in [5.74, 6) is 0. The molecule has 0 N–H and O–H groups in total. The van der Waals surface area contributed by atoms with E-state index in [4.69, 9.17) is 18.9 Å². The Kier molecular flexibility index (Phi) is 2.79. The van der Waals surface area contributed by atoms with Gasteiger partial charge in [0.2, 0.25) is 0 Å². The molecule has 0 saturated carbocycles. The molecule has 20 heavy (non-hydrogen) atoms. The van der Waals surface area contributed by atoms with E-state index in [1.807, 2.05) is 0 Å². The molecular weight excluding hydrogens is 256 g/mol. The number of benzene rings is 2. The highest BCUT2D eigenvalue weighted by Crippen LogP contribution is 2.41. The highest BCUT2D eigenvalue weighted by atomic mass is 16.7. The van der Waals surface area contributed by atoms with Crippen molar-refractivity contribution in [3.8, 4) is 0 Å². The highest BCUT2D eigenvalue weighted by Gasteiger charge is 2.28. The van der Waals surface area contributed by atoms with E-state index in [9.17, 15) is 0 Å². The zero-order valence-corrected chi connectivity index (χ0v) is 11.5. The van der Waals surface area contributed by atoms with Crippen molar-refractivity contribution in [1.82, 2.24) is 0 Å². The molecule has 4 nitrogen and oxygen atoms in total. The van der Waals surface area contributed by atoms with Gasteiger partial charge in [-0.25, -0.2) is 0 Å². The summed E-state index contributed by atoms with van der Waals surface area (Å²) in [6.07, 6.45) is -0.490. The molecule has 2 aliphatic rings. The summed E-state index contributed by atoms with van der Waals surface area (Å²) < 4.78 is 22.0. The Hall–Kier alpha value is -1.46. The zero-order valence-electron chi connectivity index (χ0n) is 11.5. The van der Waals surface area contributed by atoms with Crippen LogP contribution in [0.4, 0.5) is 0 Å². The van der Waals surface area contributed by atoms with E-state index in [-0.39, 0.29) is 12.6 Å². The molecule has 2 aliphatic heterocycles. The van der Waals surface area contributed by atoms with Gasteiger partial charge in [0.1, 0.15) is 0 Å². The molecule has 4 heteroatoms. The van der Waals surface area contributed by atoms with Crippen molar-refractivity contribution in [3.63, 3.8) is 0 Å². The van der Waals surface area contributed by atoms with Crippen LogP contribution in [0, 0.1) is 0 Å². The van der Waals surface area contributed by atoms with Crippen LogP contribution >= 0.6 is 0 Å². The fourth-order valence-corrected chi connectivity index (χ4v) is 3.22. The van der Waals surface area contributed by atoms with Crippen LogP contribution in [0.2, 0.25) is 0 Å². The summed E-state index contributed by atoms with van der Waals surface area (Å²) in [4.78, 5) is 0. The lowest BCUT2D eigenvalue weighted by Crippen LogP contribution is -1.98. The van der Waals surface area contributed by atoms with Crippen molar-refractivity contribution in [1.29, 1.82) is 0 Å². The third-order valence-corrected chi connectivity index (χ3v) is 4.19. The average Bonchev–Trinajstić information content (AvgIpc) is 3.09. The molecular formula is C16H16O4. The van der Waals surface area contributed by atoms with Crippen LogP contribution in [0.1, 0.15) is 34.8 Å². The number of fused-ring (bicyclic) bond motifs is 5. The predicted molar refractivity (Wildman–Crippen MR) is 73.0 cm³/mol. The minimum atomic E-state index is -0.245. The monoisotopic (exact) mass is 272 g/mol. The molecule has 0 amide bonds. The van der Waals surface area contributed by atoms with Crippen molar-refractivity contribution in [2.75, 3.05) is 14.2 Å². The SMILES string of the molecule is COC1OCc2c1ccc1c3c(ccc21)C(OC)OC3. The minimum absolute atomic E-state index is 0.245. The minimum Gasteiger partial charge on any atom is -0.352 e. The molecule has 0 aliphatic carbocycles. The lowest BCUT2D eigenvalue weighted by Gasteiger charge is -2.11. The molecule has 0 spiro atoms. The van der Waals surface area contributed by atoms with Gasteiger partial charge in [-0.1, -0.05) is 24.3 Å². The van der Waals surface area contributed by atoms with Gasteiger partial charge in [-0.05, 0) is 21.9 Å². The quantitative estimate of drug-likeness (QED) is 0.841. The van der Waals surface area contributed by atoms with Crippen LogP contribution in [-0.2, 0) is 32.2 Å². The van der Waals surface area contributed by atoms with Crippen LogP contribution in [0.25, 0.3) is 10.8 Å². The number of hydrogen-bond donors (Lipinski definition) is 0. The Morgan fingerprint density at radius 1 is 0.800 bits per heavy atom. The van der Waals surface area contributed by atoms with E-state index in [0.29, 0.717) is 13.2 Å². The van der Waals surface area contributed by atoms with E-state index < -0.39 is 0 Å². The highest BCUT2D eigenvalue weighted by molar-refractivity contribution is 5.91. The topological polar surface area (TPSA) is 36.9 Å². The largest absolute Gasteiger partial charge is 0.352 e. The Balaban J connectivity index is 1.93. The van der Waals surface area contributed by atoms with Crippen molar-refractivity contribution in [2.24, 2.45) is 0 Å². The lowest BCUT2D eigenvalue weighted by molar-refractivity contribution is -0.118. The van der Waals surface area contributed by atoms with Gasteiger partial charge in [0, 0.05) is 25.3 Å². The number of ether oxygens (including phenoxy) is 4. The molecule has 0 saturated heterocycles. The van der Waals surface area contributed by atoms with E-state index in [2.05, 4.69) is 24.3 Å². The van der Waals surface area contributed by atoms with Crippen LogP contribution < -0.4 is 0 Å². The Bertz CT molecular complexity index is 620. The van der Waals surface area contributed by atoms with Crippen LogP contribution in [-0.4, -0.2) is 14.2 Å². The van der Waals surface area contributed by atoms with Crippen molar-refractivity contribution in [3.05, 3.63) is 46.5 Å². The first-order chi connectivity index (χ1) is 9.83. The van der Waals surface area contributed by atoms with Gasteiger partial charge in [0.15, 0.2) is 12.6 Å². The lowest BCUT2D eigenvalue weighted by atomic mass is 9.95. The molecule has 0 fully saturated rings. The van der Waals surface area contributed by atoms with Gasteiger partial charge >= 0.3 is 0 Å². The van der Waals surface area contributed by atoms with Crippen molar-refractivity contribution >= 4 is 10.8 Å². The molecule has 2 heterocycles. The summed E-state index contributed by atoms with van der Waals surface area (Å²) in [7, 11) is 3.34. The maximum Gasteiger partial charge on any atom is 0.184 e. The first-order valence-corrected chi connectivity index (χ1v) is 6.69. The van der Waals surface area contributed by atoms with Gasteiger partial charge in [-0.3, -0.25) is 0 Å². The van der Waals surface area contributed by atoms with Gasteiger partial charge < -0.3 is 18.9 Å². The second-order valence-corrected chi connectivity index (χ2v) is 5.12. The van der Waals surface area contributed by atoms with Gasteiger partial charge in [0.25, 0.3) is 0 Å². The van der Waals surface area contributed by atoms with Crippen molar-refractivity contribution < 1.29 is 18.9 Å². The predicted octanol–water partition coefficient (Wildman–Crippen LogP) is 3.19. The second kappa shape index (κ2) is 4.53. The Morgan fingerprint density at radius 2 is 1.25 bits per heavy atom. The zero-order chi connectivity index (χ0) is 13.7. The molecule has 2 atom stereocenters. The maximum atomic E-state index is 5.66. The summed E-state index contributed by atoms with van der Waals surface area (Å²) in [6.45, 7) is 1.19. The molecule has 0 bridgehead atoms. The fourth-order valence-electron chi connectivity index (χ4n) is 3.22. The molecule has 2 aromatic carbocycles. The molecule has 0 radical (unpaired) electrons. The number of hydrogen-bond acceptors (Lipinski definition) is 4. The summed E-state index contributed by atoms with van der Waals surface area (Å²) in [5, 5.41) is 2.45. The van der Waals surface area contributed by atoms with E-state index >= 15 is 0 Å². The van der Waals surface area contributed by atoms with Crippen molar-refractivity contribution in [2.45, 2.75) is 25.8 Å². The maximum absolute atomic E-state index is 5.66. The normalized spacial score (nSPS) is 24.1. The Labute approximate surface area is 117 Å².